The number of hydrogen-bond acceptors (Lipinski definition) is 4. The number of rotatable bonds is 3. The molecule has 2 heterocycles. The molecule has 48 heavy (non-hydrogen) atoms. The topological polar surface area (TPSA) is 51.8 Å². The molecule has 224 valence electrons. The Bertz CT molecular complexity index is 2860. The molecule has 0 fully saturated rings. The third kappa shape index (κ3) is 3.36. The summed E-state index contributed by atoms with van der Waals surface area (Å²) >= 11 is 0. The largest absolute Gasteiger partial charge is 0.456 e. The van der Waals surface area contributed by atoms with Crippen LogP contribution < -0.4 is 0 Å². The first kappa shape index (κ1) is 26.0. The average molecular weight is 614 g/mol. The highest BCUT2D eigenvalue weighted by molar-refractivity contribution is 6.30. The van der Waals surface area contributed by atoms with Gasteiger partial charge in [0.1, 0.15) is 11.2 Å². The molecule has 4 heteroatoms. The Morgan fingerprint density at radius 1 is 0.438 bits per heavy atom. The van der Waals surface area contributed by atoms with Gasteiger partial charge in [0.25, 0.3) is 0 Å². The van der Waals surface area contributed by atoms with E-state index in [1.54, 1.807) is 0 Å². The van der Waals surface area contributed by atoms with Crippen LogP contribution in [0.4, 0.5) is 0 Å². The molecule has 7 aromatic carbocycles. The van der Waals surface area contributed by atoms with Crippen molar-refractivity contribution in [3.05, 3.63) is 139 Å². The van der Waals surface area contributed by atoms with Crippen LogP contribution in [0.25, 0.3) is 99.9 Å². The molecule has 2 aliphatic rings. The number of nitrogens with zero attached hydrogens (tertiary/aromatic N) is 3. The summed E-state index contributed by atoms with van der Waals surface area (Å²) in [5, 5.41) is 7.26. The Labute approximate surface area is 276 Å². The fourth-order valence-corrected chi connectivity index (χ4v) is 8.30. The van der Waals surface area contributed by atoms with Gasteiger partial charge in [-0.25, -0.2) is 15.0 Å². The minimum Gasteiger partial charge on any atom is -0.456 e. The van der Waals surface area contributed by atoms with Crippen LogP contribution in [0.5, 0.6) is 0 Å². The lowest BCUT2D eigenvalue weighted by Gasteiger charge is -2.23. The summed E-state index contributed by atoms with van der Waals surface area (Å²) in [5.41, 5.74) is 12.2. The van der Waals surface area contributed by atoms with Crippen molar-refractivity contribution in [1.29, 1.82) is 0 Å². The number of hydrogen-bond donors (Lipinski definition) is 0. The average Bonchev–Trinajstić information content (AvgIpc) is 3.58. The van der Waals surface area contributed by atoms with Gasteiger partial charge >= 0.3 is 0 Å². The summed E-state index contributed by atoms with van der Waals surface area (Å²) in [6.07, 6.45) is 0. The van der Waals surface area contributed by atoms with Crippen LogP contribution in [0.3, 0.4) is 0 Å². The first-order chi connectivity index (χ1) is 23.5. The van der Waals surface area contributed by atoms with E-state index in [4.69, 9.17) is 19.4 Å². The second-order valence-corrected chi connectivity index (χ2v) is 13.6. The van der Waals surface area contributed by atoms with Crippen molar-refractivity contribution in [3.8, 4) is 56.4 Å². The minimum absolute atomic E-state index is 0.225. The van der Waals surface area contributed by atoms with Crippen molar-refractivity contribution in [2.45, 2.75) is 19.3 Å². The highest BCUT2D eigenvalue weighted by Crippen LogP contribution is 2.59. The van der Waals surface area contributed by atoms with Crippen molar-refractivity contribution >= 4 is 43.5 Å². The third-order valence-electron chi connectivity index (χ3n) is 10.6. The number of fused-ring (bicyclic) bond motifs is 2. The van der Waals surface area contributed by atoms with Gasteiger partial charge in [-0.1, -0.05) is 111 Å². The van der Waals surface area contributed by atoms with Gasteiger partial charge in [0.05, 0.1) is 0 Å². The SMILES string of the molecule is CC1(C)c2cc(-c3nc(-c4ccccc4)nc(-c4ccc5ccccc5c4)n3)cc3c2-c2c1ccc1ccc4oc5cccc-3c5c4c21. The normalized spacial score (nSPS) is 13.8. The standard InChI is InChI=1S/C44H27N3O/c1-44(2)32-19-17-25-18-20-35-40-36(25)39(32)37-31(30-13-8-14-34(48-35)38(30)40)22-29(23-33(37)44)43-46-41(26-10-4-3-5-11-26)45-42(47-43)28-16-15-24-9-6-7-12-27(24)21-28/h3-23H,1-2H3. The zero-order valence-electron chi connectivity index (χ0n) is 26.4. The molecule has 0 atom stereocenters. The Morgan fingerprint density at radius 3 is 2.00 bits per heavy atom. The van der Waals surface area contributed by atoms with Crippen LogP contribution in [-0.4, -0.2) is 15.0 Å². The quantitative estimate of drug-likeness (QED) is 0.199. The Balaban J connectivity index is 1.23. The van der Waals surface area contributed by atoms with Gasteiger partial charge in [-0.2, -0.15) is 0 Å². The van der Waals surface area contributed by atoms with Gasteiger partial charge < -0.3 is 4.42 Å². The molecule has 0 bridgehead atoms. The van der Waals surface area contributed by atoms with Gasteiger partial charge in [-0.15, -0.1) is 0 Å². The van der Waals surface area contributed by atoms with Crippen LogP contribution in [0.15, 0.2) is 132 Å². The maximum atomic E-state index is 6.50. The van der Waals surface area contributed by atoms with Gasteiger partial charge in [0.15, 0.2) is 17.5 Å². The minimum atomic E-state index is -0.225. The highest BCUT2D eigenvalue weighted by atomic mass is 16.3. The summed E-state index contributed by atoms with van der Waals surface area (Å²) in [5.74, 6) is 1.98. The molecular formula is C44H27N3O. The molecule has 9 aromatic rings. The Morgan fingerprint density at radius 2 is 1.15 bits per heavy atom. The zero-order chi connectivity index (χ0) is 31.7. The molecule has 0 saturated carbocycles. The fraction of sp³-hybridized carbons (Fsp3) is 0.0682. The predicted molar refractivity (Wildman–Crippen MR) is 195 cm³/mol. The second-order valence-electron chi connectivity index (χ2n) is 13.6. The smallest absolute Gasteiger partial charge is 0.164 e. The number of aromatic nitrogens is 3. The van der Waals surface area contributed by atoms with Crippen molar-refractivity contribution in [2.24, 2.45) is 0 Å². The molecular weight excluding hydrogens is 587 g/mol. The van der Waals surface area contributed by atoms with Gasteiger partial charge in [-0.05, 0) is 79.9 Å². The molecule has 0 aliphatic heterocycles. The highest BCUT2D eigenvalue weighted by Gasteiger charge is 2.41. The van der Waals surface area contributed by atoms with E-state index in [-0.39, 0.29) is 5.41 Å². The maximum Gasteiger partial charge on any atom is 0.164 e. The predicted octanol–water partition coefficient (Wildman–Crippen LogP) is 11.4. The van der Waals surface area contributed by atoms with Crippen molar-refractivity contribution in [3.63, 3.8) is 0 Å². The van der Waals surface area contributed by atoms with Crippen LogP contribution in [0, 0.1) is 0 Å². The Hall–Kier alpha value is -6.13. The fourth-order valence-electron chi connectivity index (χ4n) is 8.30. The molecule has 0 spiro atoms. The molecule has 0 saturated heterocycles. The van der Waals surface area contributed by atoms with Gasteiger partial charge in [-0.3, -0.25) is 0 Å². The first-order valence-corrected chi connectivity index (χ1v) is 16.4. The lowest BCUT2D eigenvalue weighted by molar-refractivity contribution is 0.661. The third-order valence-corrected chi connectivity index (χ3v) is 10.6. The van der Waals surface area contributed by atoms with E-state index in [0.29, 0.717) is 17.5 Å². The Kier molecular flexibility index (Phi) is 4.88. The number of benzene rings is 7. The van der Waals surface area contributed by atoms with E-state index in [0.717, 1.165) is 33.2 Å². The lowest BCUT2D eigenvalue weighted by atomic mass is 9.80. The summed E-state index contributed by atoms with van der Waals surface area (Å²) in [6, 6.07) is 45.1. The number of furan rings is 1. The van der Waals surface area contributed by atoms with E-state index in [1.807, 2.05) is 18.2 Å². The van der Waals surface area contributed by atoms with Crippen LogP contribution in [0.1, 0.15) is 25.0 Å². The van der Waals surface area contributed by atoms with E-state index in [9.17, 15) is 0 Å². The van der Waals surface area contributed by atoms with Crippen molar-refractivity contribution in [1.82, 2.24) is 15.0 Å². The summed E-state index contributed by atoms with van der Waals surface area (Å²) in [4.78, 5) is 15.4. The van der Waals surface area contributed by atoms with Crippen LogP contribution >= 0.6 is 0 Å². The zero-order valence-corrected chi connectivity index (χ0v) is 26.4. The van der Waals surface area contributed by atoms with E-state index in [2.05, 4.69) is 123 Å². The van der Waals surface area contributed by atoms with Gasteiger partial charge in [0.2, 0.25) is 0 Å². The van der Waals surface area contributed by atoms with Crippen molar-refractivity contribution < 1.29 is 4.42 Å². The van der Waals surface area contributed by atoms with E-state index in [1.165, 1.54) is 60.3 Å². The molecule has 11 rings (SSSR count). The van der Waals surface area contributed by atoms with Crippen LogP contribution in [-0.2, 0) is 5.41 Å². The molecule has 0 N–H and O–H groups in total. The van der Waals surface area contributed by atoms with Gasteiger partial charge in [0, 0.05) is 38.3 Å². The molecule has 2 aromatic heterocycles. The summed E-state index contributed by atoms with van der Waals surface area (Å²) in [6.45, 7) is 4.69. The molecule has 0 radical (unpaired) electrons. The monoisotopic (exact) mass is 613 g/mol. The molecule has 0 unspecified atom stereocenters. The lowest BCUT2D eigenvalue weighted by Crippen LogP contribution is -2.15. The van der Waals surface area contributed by atoms with E-state index >= 15 is 0 Å². The second kappa shape index (κ2) is 9.02. The molecule has 0 amide bonds. The van der Waals surface area contributed by atoms with Crippen molar-refractivity contribution in [2.75, 3.05) is 0 Å². The maximum absolute atomic E-state index is 6.50. The first-order valence-electron chi connectivity index (χ1n) is 16.4. The summed E-state index contributed by atoms with van der Waals surface area (Å²) in [7, 11) is 0. The molecule has 4 nitrogen and oxygen atoms in total. The van der Waals surface area contributed by atoms with E-state index < -0.39 is 0 Å². The van der Waals surface area contributed by atoms with Crippen LogP contribution in [0.2, 0.25) is 0 Å². The molecule has 2 aliphatic carbocycles. The summed E-state index contributed by atoms with van der Waals surface area (Å²) < 4.78 is 6.50.